The maximum atomic E-state index is 12.5. The molecule has 0 saturated carbocycles. The smallest absolute Gasteiger partial charge is 0.323 e. The maximum Gasteiger partial charge on any atom is 0.323 e. The van der Waals surface area contributed by atoms with Gasteiger partial charge in [0, 0.05) is 23.7 Å². The van der Waals surface area contributed by atoms with Crippen LogP contribution in [0.2, 0.25) is 0 Å². The molecule has 0 saturated heterocycles. The third-order valence-corrected chi connectivity index (χ3v) is 4.59. The number of rotatable bonds is 7. The molecule has 5 nitrogen and oxygen atoms in total. The number of hydrogen-bond acceptors (Lipinski definition) is 3. The molecule has 1 rings (SSSR count). The van der Waals surface area contributed by atoms with Crippen LogP contribution >= 0.6 is 0 Å². The number of nitrogens with zero attached hydrogens (tertiary/aromatic N) is 1. The lowest BCUT2D eigenvalue weighted by atomic mass is 9.78. The number of phenolic OH excluding ortho intramolecular Hbond substituents is 1. The zero-order valence-electron chi connectivity index (χ0n) is 18.3. The summed E-state index contributed by atoms with van der Waals surface area (Å²) in [5.41, 5.74) is 1.94. The molecule has 28 heavy (non-hydrogen) atoms. The highest BCUT2D eigenvalue weighted by molar-refractivity contribution is 5.93. The molecule has 5 heteroatoms. The van der Waals surface area contributed by atoms with Gasteiger partial charge in [-0.1, -0.05) is 54.9 Å². The number of aliphatic carboxylic acids is 1. The van der Waals surface area contributed by atoms with E-state index in [9.17, 15) is 14.7 Å². The Kier molecular flexibility index (Phi) is 7.85. The molecule has 156 valence electrons. The Morgan fingerprint density at radius 2 is 1.54 bits per heavy atom. The fourth-order valence-corrected chi connectivity index (χ4v) is 2.95. The van der Waals surface area contributed by atoms with Crippen molar-refractivity contribution in [3.05, 3.63) is 34.9 Å². The second kappa shape index (κ2) is 9.26. The number of amides is 1. The van der Waals surface area contributed by atoms with Crippen LogP contribution in [0.4, 0.5) is 0 Å². The molecule has 0 fully saturated rings. The molecule has 0 aromatic heterocycles. The Morgan fingerprint density at radius 3 is 1.93 bits per heavy atom. The van der Waals surface area contributed by atoms with Gasteiger partial charge in [0.05, 0.1) is 0 Å². The van der Waals surface area contributed by atoms with E-state index in [0.717, 1.165) is 29.5 Å². The fraction of sp³-hybridized carbons (Fsp3) is 0.565. The summed E-state index contributed by atoms with van der Waals surface area (Å²) in [5.74, 6) is -1.05. The molecule has 0 heterocycles. The van der Waals surface area contributed by atoms with E-state index in [1.165, 1.54) is 11.0 Å². The van der Waals surface area contributed by atoms with Crippen LogP contribution in [0.1, 0.15) is 78.0 Å². The summed E-state index contributed by atoms with van der Waals surface area (Å²) in [6.07, 6.45) is 4.76. The highest BCUT2D eigenvalue weighted by Crippen LogP contribution is 2.40. The van der Waals surface area contributed by atoms with Crippen molar-refractivity contribution in [3.63, 3.8) is 0 Å². The largest absolute Gasteiger partial charge is 0.507 e. The predicted octanol–water partition coefficient (Wildman–Crippen LogP) is 4.71. The summed E-state index contributed by atoms with van der Waals surface area (Å²) >= 11 is 0. The van der Waals surface area contributed by atoms with Crippen LogP contribution < -0.4 is 0 Å². The van der Waals surface area contributed by atoms with Crippen LogP contribution in [0, 0.1) is 0 Å². The summed E-state index contributed by atoms with van der Waals surface area (Å²) in [5, 5.41) is 19.8. The van der Waals surface area contributed by atoms with Crippen molar-refractivity contribution >= 4 is 18.0 Å². The van der Waals surface area contributed by atoms with E-state index in [1.807, 2.05) is 60.6 Å². The molecule has 0 aliphatic heterocycles. The third kappa shape index (κ3) is 6.70. The molecule has 0 spiro atoms. The van der Waals surface area contributed by atoms with Crippen molar-refractivity contribution in [1.82, 2.24) is 4.90 Å². The molecule has 0 atom stereocenters. The standard InChI is InChI=1S/C23H35NO4/c1-8-9-12-24(15-20(26)27)19(25)11-10-16-13-17(22(2,3)4)21(28)18(14-16)23(5,6)7/h10-11,13-14,28H,8-9,12,15H2,1-7H3,(H,26,27). The quantitative estimate of drug-likeness (QED) is 0.662. The minimum absolute atomic E-state index is 0.256. The molecular weight excluding hydrogens is 354 g/mol. The predicted molar refractivity (Wildman–Crippen MR) is 114 cm³/mol. The molecule has 0 bridgehead atoms. The number of carbonyl (C=O) groups is 2. The van der Waals surface area contributed by atoms with Crippen LogP contribution in [0.3, 0.4) is 0 Å². The van der Waals surface area contributed by atoms with E-state index in [0.29, 0.717) is 12.3 Å². The molecule has 0 radical (unpaired) electrons. The zero-order valence-corrected chi connectivity index (χ0v) is 18.3. The van der Waals surface area contributed by atoms with Gasteiger partial charge in [0.25, 0.3) is 0 Å². The van der Waals surface area contributed by atoms with Crippen LogP contribution in [-0.4, -0.2) is 40.1 Å². The summed E-state index contributed by atoms with van der Waals surface area (Å²) in [7, 11) is 0. The third-order valence-electron chi connectivity index (χ3n) is 4.59. The minimum atomic E-state index is -1.02. The number of carboxylic acid groups (broad SMARTS) is 1. The molecule has 1 amide bonds. The van der Waals surface area contributed by atoms with Crippen LogP contribution in [0.25, 0.3) is 6.08 Å². The Bertz CT molecular complexity index is 701. The molecule has 0 aliphatic rings. The van der Waals surface area contributed by atoms with Crippen LogP contribution in [0.15, 0.2) is 18.2 Å². The number of hydrogen-bond donors (Lipinski definition) is 2. The number of aromatic hydroxyl groups is 1. The van der Waals surface area contributed by atoms with E-state index in [-0.39, 0.29) is 23.3 Å². The summed E-state index contributed by atoms with van der Waals surface area (Å²) in [4.78, 5) is 24.9. The van der Waals surface area contributed by atoms with Gasteiger partial charge < -0.3 is 15.1 Å². The van der Waals surface area contributed by atoms with Crippen molar-refractivity contribution in [2.45, 2.75) is 72.1 Å². The van der Waals surface area contributed by atoms with Crippen molar-refractivity contribution < 1.29 is 19.8 Å². The number of phenols is 1. The highest BCUT2D eigenvalue weighted by Gasteiger charge is 2.26. The first-order valence-electron chi connectivity index (χ1n) is 9.84. The summed E-state index contributed by atoms with van der Waals surface area (Å²) < 4.78 is 0. The van der Waals surface area contributed by atoms with Gasteiger partial charge >= 0.3 is 5.97 Å². The molecule has 0 unspecified atom stereocenters. The van der Waals surface area contributed by atoms with E-state index in [4.69, 9.17) is 5.11 Å². The van der Waals surface area contributed by atoms with Gasteiger partial charge in [0.15, 0.2) is 0 Å². The van der Waals surface area contributed by atoms with Gasteiger partial charge in [0.2, 0.25) is 5.91 Å². The first-order chi connectivity index (χ1) is 12.8. The first kappa shape index (κ1) is 23.7. The highest BCUT2D eigenvalue weighted by atomic mass is 16.4. The van der Waals surface area contributed by atoms with E-state index in [1.54, 1.807) is 6.08 Å². The first-order valence-corrected chi connectivity index (χ1v) is 9.84. The van der Waals surface area contributed by atoms with Gasteiger partial charge in [-0.15, -0.1) is 0 Å². The summed E-state index contributed by atoms with van der Waals surface area (Å²) in [6, 6.07) is 3.78. The van der Waals surface area contributed by atoms with Gasteiger partial charge in [-0.2, -0.15) is 0 Å². The van der Waals surface area contributed by atoms with E-state index < -0.39 is 5.97 Å². The lowest BCUT2D eigenvalue weighted by molar-refractivity contribution is -0.142. The van der Waals surface area contributed by atoms with E-state index >= 15 is 0 Å². The Labute approximate surface area is 169 Å². The lowest BCUT2D eigenvalue weighted by Crippen LogP contribution is -2.35. The van der Waals surface area contributed by atoms with Gasteiger partial charge in [-0.3, -0.25) is 9.59 Å². The molecule has 2 N–H and O–H groups in total. The number of unbranched alkanes of at least 4 members (excludes halogenated alkanes) is 1. The van der Waals surface area contributed by atoms with Crippen molar-refractivity contribution in [1.29, 1.82) is 0 Å². The maximum absolute atomic E-state index is 12.5. The normalized spacial score (nSPS) is 12.4. The van der Waals surface area contributed by atoms with E-state index in [2.05, 4.69) is 0 Å². The molecular formula is C23H35NO4. The summed E-state index contributed by atoms with van der Waals surface area (Å²) in [6.45, 7) is 14.3. The van der Waals surface area contributed by atoms with Gasteiger partial charge in [-0.05, 0) is 41.0 Å². The zero-order chi connectivity index (χ0) is 21.7. The Balaban J connectivity index is 3.28. The van der Waals surface area contributed by atoms with Crippen molar-refractivity contribution in [2.75, 3.05) is 13.1 Å². The molecule has 0 aliphatic carbocycles. The van der Waals surface area contributed by atoms with Crippen molar-refractivity contribution in [3.8, 4) is 5.75 Å². The van der Waals surface area contributed by atoms with Crippen LogP contribution in [-0.2, 0) is 20.4 Å². The second-order valence-corrected chi connectivity index (χ2v) is 9.31. The second-order valence-electron chi connectivity index (χ2n) is 9.31. The monoisotopic (exact) mass is 389 g/mol. The van der Waals surface area contributed by atoms with Crippen LogP contribution in [0.5, 0.6) is 5.75 Å². The molecule has 1 aromatic rings. The topological polar surface area (TPSA) is 77.8 Å². The fourth-order valence-electron chi connectivity index (χ4n) is 2.95. The SMILES string of the molecule is CCCCN(CC(=O)O)C(=O)C=Cc1cc(C(C)(C)C)c(O)c(C(C)(C)C)c1. The Hall–Kier alpha value is -2.30. The van der Waals surface area contributed by atoms with Gasteiger partial charge in [0.1, 0.15) is 12.3 Å². The number of carbonyl (C=O) groups excluding carboxylic acids is 1. The number of carboxylic acids is 1. The number of benzene rings is 1. The average Bonchev–Trinajstić information content (AvgIpc) is 2.54. The lowest BCUT2D eigenvalue weighted by Gasteiger charge is -2.28. The average molecular weight is 390 g/mol. The Morgan fingerprint density at radius 1 is 1.04 bits per heavy atom. The van der Waals surface area contributed by atoms with Crippen molar-refractivity contribution in [2.24, 2.45) is 0 Å². The molecule has 1 aromatic carbocycles. The minimum Gasteiger partial charge on any atom is -0.507 e. The van der Waals surface area contributed by atoms with Gasteiger partial charge in [-0.25, -0.2) is 0 Å².